The quantitative estimate of drug-likeness (QED) is 0.0929. The second kappa shape index (κ2) is 11.9. The number of aromatic nitrogens is 5. The lowest BCUT2D eigenvalue weighted by molar-refractivity contribution is -0.129. The van der Waals surface area contributed by atoms with Crippen molar-refractivity contribution in [2.45, 2.75) is 45.3 Å². The summed E-state index contributed by atoms with van der Waals surface area (Å²) in [5.74, 6) is 0.948. The van der Waals surface area contributed by atoms with Crippen LogP contribution in [0.4, 0.5) is 11.6 Å². The third kappa shape index (κ3) is 6.48. The molecule has 204 valence electrons. The number of nitrogens with zero attached hydrogens (tertiary/aromatic N) is 5. The third-order valence-electron chi connectivity index (χ3n) is 5.86. The van der Waals surface area contributed by atoms with Gasteiger partial charge in [0.2, 0.25) is 11.9 Å². The lowest BCUT2D eigenvalue weighted by atomic mass is 10.1. The molecule has 4 N–H and O–H groups in total. The number of unbranched alkanes of at least 4 members (excludes halogenated alkanes) is 1. The van der Waals surface area contributed by atoms with Crippen LogP contribution in [0.15, 0.2) is 66.1 Å². The topological polar surface area (TPSA) is 156 Å². The van der Waals surface area contributed by atoms with Gasteiger partial charge in [0.1, 0.15) is 16.7 Å². The number of nitrogens with one attached hydrogen (secondary N) is 2. The minimum Gasteiger partial charge on any atom is -0.494 e. The maximum absolute atomic E-state index is 13.1. The molecule has 0 radical (unpaired) electrons. The summed E-state index contributed by atoms with van der Waals surface area (Å²) < 4.78 is 8.76. The van der Waals surface area contributed by atoms with Crippen LogP contribution in [-0.4, -0.2) is 47.1 Å². The van der Waals surface area contributed by atoms with Crippen LogP contribution in [0.3, 0.4) is 0 Å². The van der Waals surface area contributed by atoms with E-state index in [-0.39, 0.29) is 24.5 Å². The molecule has 4 rings (SSSR count). The highest BCUT2D eigenvalue weighted by atomic mass is 16.5. The Morgan fingerprint density at radius 3 is 2.62 bits per heavy atom. The Balaban J connectivity index is 1.56. The number of benzene rings is 1. The van der Waals surface area contributed by atoms with E-state index in [1.807, 2.05) is 12.1 Å². The maximum Gasteiger partial charge on any atom is 0.278 e. The second-order valence-electron chi connectivity index (χ2n) is 9.35. The summed E-state index contributed by atoms with van der Waals surface area (Å²) in [6, 6.07) is 12.4. The molecule has 0 saturated carbocycles. The van der Waals surface area contributed by atoms with E-state index in [4.69, 9.17) is 9.94 Å². The van der Waals surface area contributed by atoms with E-state index >= 15 is 0 Å². The van der Waals surface area contributed by atoms with Crippen molar-refractivity contribution in [3.63, 3.8) is 0 Å². The number of fused-ring (bicyclic) bond motifs is 1. The van der Waals surface area contributed by atoms with Crippen molar-refractivity contribution in [1.29, 1.82) is 0 Å². The molecule has 0 aliphatic heterocycles. The first-order valence-corrected chi connectivity index (χ1v) is 12.4. The first-order valence-electron chi connectivity index (χ1n) is 12.4. The number of carbonyl (C=O) groups excluding carboxylic acids is 1. The van der Waals surface area contributed by atoms with Crippen LogP contribution in [0.25, 0.3) is 16.9 Å². The summed E-state index contributed by atoms with van der Waals surface area (Å²) in [5.41, 5.74) is 1.67. The van der Waals surface area contributed by atoms with Crippen molar-refractivity contribution in [3.05, 3.63) is 77.4 Å². The van der Waals surface area contributed by atoms with Crippen LogP contribution in [0.5, 0.6) is 5.75 Å². The zero-order chi connectivity index (χ0) is 28.0. The van der Waals surface area contributed by atoms with Crippen molar-refractivity contribution in [2.24, 2.45) is 0 Å². The fraction of sp³-hybridized carbons (Fsp3) is 0.296. The minimum atomic E-state index is -1.17. The van der Waals surface area contributed by atoms with Gasteiger partial charge in [0.25, 0.3) is 5.56 Å². The number of allylic oxidation sites excluding steroid dienone is 1. The Morgan fingerprint density at radius 1 is 1.15 bits per heavy atom. The van der Waals surface area contributed by atoms with E-state index in [0.29, 0.717) is 53.4 Å². The molecule has 0 unspecified atom stereocenters. The van der Waals surface area contributed by atoms with E-state index in [2.05, 4.69) is 26.8 Å². The largest absolute Gasteiger partial charge is 0.494 e. The first kappa shape index (κ1) is 27.5. The highest BCUT2D eigenvalue weighted by molar-refractivity contribution is 5.77. The van der Waals surface area contributed by atoms with Gasteiger partial charge < -0.3 is 15.2 Å². The lowest BCUT2D eigenvalue weighted by Gasteiger charge is -2.18. The van der Waals surface area contributed by atoms with E-state index in [1.54, 1.807) is 60.4 Å². The van der Waals surface area contributed by atoms with Crippen LogP contribution in [0.2, 0.25) is 0 Å². The molecule has 3 heterocycles. The van der Waals surface area contributed by atoms with Gasteiger partial charge in [-0.2, -0.15) is 4.98 Å². The normalized spacial score (nSPS) is 11.4. The summed E-state index contributed by atoms with van der Waals surface area (Å²) in [6.07, 6.45) is 4.58. The van der Waals surface area contributed by atoms with Crippen LogP contribution in [0.1, 0.15) is 38.8 Å². The van der Waals surface area contributed by atoms with Crippen molar-refractivity contribution in [1.82, 2.24) is 29.8 Å². The Hall–Kier alpha value is -4.55. The molecule has 0 spiro atoms. The van der Waals surface area contributed by atoms with Gasteiger partial charge in [-0.25, -0.2) is 24.8 Å². The summed E-state index contributed by atoms with van der Waals surface area (Å²) in [7, 11) is 0. The number of hydroxylamine groups is 1. The highest BCUT2D eigenvalue weighted by Crippen LogP contribution is 2.23. The molecule has 0 bridgehead atoms. The van der Waals surface area contributed by atoms with Gasteiger partial charge in [0.05, 0.1) is 18.8 Å². The Morgan fingerprint density at radius 2 is 1.92 bits per heavy atom. The monoisotopic (exact) mass is 533 g/mol. The predicted octanol–water partition coefficient (Wildman–Crippen LogP) is 3.19. The van der Waals surface area contributed by atoms with Gasteiger partial charge >= 0.3 is 0 Å². The molecule has 12 nitrogen and oxygen atoms in total. The number of rotatable bonds is 12. The fourth-order valence-corrected chi connectivity index (χ4v) is 3.89. The van der Waals surface area contributed by atoms with Gasteiger partial charge in [0.15, 0.2) is 11.5 Å². The first-order chi connectivity index (χ1) is 18.7. The average Bonchev–Trinajstić information content (AvgIpc) is 3.19. The molecule has 1 aromatic carbocycles. The van der Waals surface area contributed by atoms with Gasteiger partial charge in [-0.05, 0) is 63.1 Å². The molecule has 0 aliphatic rings. The SMILES string of the molecule is C=CCn1c(=O)c2cnc(Nc3ccc(OCCCCC(=O)NO)cc3)nc2n1-c1cccc(C(C)(C)O)n1. The maximum atomic E-state index is 13.1. The molecule has 1 amide bonds. The van der Waals surface area contributed by atoms with Crippen molar-refractivity contribution in [2.75, 3.05) is 11.9 Å². The predicted molar refractivity (Wildman–Crippen MR) is 145 cm³/mol. The number of amides is 1. The summed E-state index contributed by atoms with van der Waals surface area (Å²) >= 11 is 0. The number of carbonyl (C=O) groups is 1. The van der Waals surface area contributed by atoms with Gasteiger partial charge in [-0.3, -0.25) is 14.8 Å². The second-order valence-corrected chi connectivity index (χ2v) is 9.35. The number of pyridine rings is 1. The standard InChI is InChI=1S/C27H31N7O5/c1-4-15-33-25(36)20-17-28-26(31-24(20)34(33)22-9-7-8-21(30-22)27(2,3)37)29-18-11-13-19(14-12-18)39-16-6-5-10-23(35)32-38/h4,7-9,11-14,17,37-38H,1,5-6,10,15-16H2,2-3H3,(H,32,35)(H,28,29,31). The Bertz CT molecular complexity index is 1520. The van der Waals surface area contributed by atoms with Crippen LogP contribution in [-0.2, 0) is 16.9 Å². The van der Waals surface area contributed by atoms with E-state index < -0.39 is 11.5 Å². The lowest BCUT2D eigenvalue weighted by Crippen LogP contribution is -2.23. The summed E-state index contributed by atoms with van der Waals surface area (Å²) in [4.78, 5) is 37.7. The third-order valence-corrected chi connectivity index (χ3v) is 5.86. The number of anilines is 2. The smallest absolute Gasteiger partial charge is 0.278 e. The zero-order valence-electron chi connectivity index (χ0n) is 21.8. The molecular formula is C27H31N7O5. The Labute approximate surface area is 224 Å². The van der Waals surface area contributed by atoms with Crippen LogP contribution in [0, 0.1) is 0 Å². The highest BCUT2D eigenvalue weighted by Gasteiger charge is 2.21. The van der Waals surface area contributed by atoms with Crippen LogP contribution >= 0.6 is 0 Å². The molecule has 12 heteroatoms. The summed E-state index contributed by atoms with van der Waals surface area (Å²) in [5, 5.41) is 22.4. The average molecular weight is 534 g/mol. The van der Waals surface area contributed by atoms with E-state index in [1.165, 1.54) is 10.9 Å². The molecular weight excluding hydrogens is 502 g/mol. The van der Waals surface area contributed by atoms with Crippen LogP contribution < -0.4 is 21.1 Å². The number of hydrogen-bond acceptors (Lipinski definition) is 9. The van der Waals surface area contributed by atoms with Crippen molar-refractivity contribution >= 4 is 28.6 Å². The van der Waals surface area contributed by atoms with E-state index in [9.17, 15) is 14.7 Å². The number of ether oxygens (including phenoxy) is 1. The van der Waals surface area contributed by atoms with E-state index in [0.717, 1.165) is 0 Å². The molecule has 4 aromatic rings. The number of aliphatic hydroxyl groups is 1. The molecule has 0 fully saturated rings. The zero-order valence-corrected chi connectivity index (χ0v) is 21.8. The molecule has 0 saturated heterocycles. The minimum absolute atomic E-state index is 0.225. The van der Waals surface area contributed by atoms with Gasteiger partial charge in [0, 0.05) is 18.3 Å². The van der Waals surface area contributed by atoms with Gasteiger partial charge in [-0.15, -0.1) is 6.58 Å². The summed E-state index contributed by atoms with van der Waals surface area (Å²) in [6.45, 7) is 7.71. The molecule has 0 aliphatic carbocycles. The van der Waals surface area contributed by atoms with Gasteiger partial charge in [-0.1, -0.05) is 12.1 Å². The van der Waals surface area contributed by atoms with Crippen molar-refractivity contribution in [3.8, 4) is 11.6 Å². The molecule has 39 heavy (non-hydrogen) atoms. The van der Waals surface area contributed by atoms with Crippen molar-refractivity contribution < 1.29 is 19.8 Å². The fourth-order valence-electron chi connectivity index (χ4n) is 3.89. The Kier molecular flexibility index (Phi) is 8.37. The number of hydrogen-bond donors (Lipinski definition) is 4. The molecule has 3 aromatic heterocycles. The molecule has 0 atom stereocenters.